The lowest BCUT2D eigenvalue weighted by Gasteiger charge is -2.20. The zero-order chi connectivity index (χ0) is 18.0. The molecule has 0 aliphatic carbocycles. The Labute approximate surface area is 141 Å². The van der Waals surface area contributed by atoms with Gasteiger partial charge in [-0.15, -0.1) is 0 Å². The van der Waals surface area contributed by atoms with E-state index in [1.54, 1.807) is 0 Å². The van der Waals surface area contributed by atoms with Crippen LogP contribution in [0.4, 0.5) is 20.2 Å². The van der Waals surface area contributed by atoms with Crippen LogP contribution in [-0.4, -0.2) is 23.6 Å². The number of nitrogens with one attached hydrogen (secondary N) is 1. The molecule has 1 heterocycles. The van der Waals surface area contributed by atoms with E-state index in [4.69, 9.17) is 5.73 Å². The summed E-state index contributed by atoms with van der Waals surface area (Å²) >= 11 is 0. The SMILES string of the molecule is NC(=O)C1CC(C(=O)Nc2ccc(F)cc2)=NN1c1ccc(F)cc1. The maximum atomic E-state index is 13.1. The maximum absolute atomic E-state index is 13.1. The summed E-state index contributed by atoms with van der Waals surface area (Å²) in [6.45, 7) is 0. The van der Waals surface area contributed by atoms with Crippen molar-refractivity contribution in [3.05, 3.63) is 60.2 Å². The lowest BCUT2D eigenvalue weighted by atomic mass is 10.1. The molecule has 2 amide bonds. The summed E-state index contributed by atoms with van der Waals surface area (Å²) in [5.74, 6) is -2.04. The number of carbonyl (C=O) groups excluding carboxylic acids is 2. The fourth-order valence-electron chi connectivity index (χ4n) is 2.44. The molecule has 3 rings (SSSR count). The molecule has 6 nitrogen and oxygen atoms in total. The van der Waals surface area contributed by atoms with Crippen LogP contribution in [0.5, 0.6) is 0 Å². The monoisotopic (exact) mass is 344 g/mol. The molecule has 2 aromatic carbocycles. The van der Waals surface area contributed by atoms with Crippen molar-refractivity contribution < 1.29 is 18.4 Å². The number of hydrogen-bond donors (Lipinski definition) is 2. The molecule has 0 spiro atoms. The molecule has 0 fully saturated rings. The zero-order valence-corrected chi connectivity index (χ0v) is 12.9. The van der Waals surface area contributed by atoms with Gasteiger partial charge in [0.05, 0.1) is 5.69 Å². The van der Waals surface area contributed by atoms with Gasteiger partial charge in [-0.2, -0.15) is 5.10 Å². The van der Waals surface area contributed by atoms with Crippen LogP contribution in [0.3, 0.4) is 0 Å². The second-order valence-electron chi connectivity index (χ2n) is 5.45. The Hall–Kier alpha value is -3.29. The molecule has 1 atom stereocenters. The molecule has 0 aromatic heterocycles. The summed E-state index contributed by atoms with van der Waals surface area (Å²) in [5.41, 5.74) is 6.31. The summed E-state index contributed by atoms with van der Waals surface area (Å²) < 4.78 is 26.0. The Morgan fingerprint density at radius 1 is 1.04 bits per heavy atom. The molecule has 1 aliphatic heterocycles. The average Bonchev–Trinajstić information content (AvgIpc) is 3.03. The number of nitrogens with zero attached hydrogens (tertiary/aromatic N) is 2. The fourth-order valence-corrected chi connectivity index (χ4v) is 2.44. The number of halogens is 2. The van der Waals surface area contributed by atoms with Crippen LogP contribution in [0.1, 0.15) is 6.42 Å². The summed E-state index contributed by atoms with van der Waals surface area (Å²) in [6, 6.07) is 9.72. The molecule has 25 heavy (non-hydrogen) atoms. The third-order valence-electron chi connectivity index (χ3n) is 3.69. The van der Waals surface area contributed by atoms with Gasteiger partial charge in [-0.25, -0.2) is 8.78 Å². The van der Waals surface area contributed by atoms with Crippen molar-refractivity contribution in [1.82, 2.24) is 0 Å². The quantitative estimate of drug-likeness (QED) is 0.889. The number of rotatable bonds is 4. The molecular weight excluding hydrogens is 330 g/mol. The van der Waals surface area contributed by atoms with Gasteiger partial charge in [-0.05, 0) is 48.5 Å². The molecule has 1 aliphatic rings. The van der Waals surface area contributed by atoms with Gasteiger partial charge < -0.3 is 11.1 Å². The van der Waals surface area contributed by atoms with E-state index in [9.17, 15) is 18.4 Å². The highest BCUT2D eigenvalue weighted by atomic mass is 19.1. The largest absolute Gasteiger partial charge is 0.368 e. The van der Waals surface area contributed by atoms with Gasteiger partial charge >= 0.3 is 0 Å². The van der Waals surface area contributed by atoms with E-state index in [0.717, 1.165) is 0 Å². The van der Waals surface area contributed by atoms with Crippen LogP contribution in [0, 0.1) is 11.6 Å². The van der Waals surface area contributed by atoms with Gasteiger partial charge in [0.25, 0.3) is 5.91 Å². The molecule has 0 saturated heterocycles. The first-order chi connectivity index (χ1) is 11.9. The van der Waals surface area contributed by atoms with E-state index >= 15 is 0 Å². The summed E-state index contributed by atoms with van der Waals surface area (Å²) in [5, 5.41) is 8.01. The number of amides is 2. The van der Waals surface area contributed by atoms with E-state index < -0.39 is 29.5 Å². The molecular formula is C17H14F2N4O2. The Morgan fingerprint density at radius 2 is 1.60 bits per heavy atom. The molecule has 128 valence electrons. The van der Waals surface area contributed by atoms with Crippen molar-refractivity contribution in [2.45, 2.75) is 12.5 Å². The van der Waals surface area contributed by atoms with Gasteiger partial charge in [0, 0.05) is 12.1 Å². The van der Waals surface area contributed by atoms with Crippen molar-refractivity contribution in [3.8, 4) is 0 Å². The smallest absolute Gasteiger partial charge is 0.271 e. The van der Waals surface area contributed by atoms with Crippen LogP contribution < -0.4 is 16.1 Å². The van der Waals surface area contributed by atoms with Crippen molar-refractivity contribution in [3.63, 3.8) is 0 Å². The Kier molecular flexibility index (Phi) is 4.42. The van der Waals surface area contributed by atoms with Crippen LogP contribution in [-0.2, 0) is 9.59 Å². The third kappa shape index (κ3) is 3.63. The van der Waals surface area contributed by atoms with Crippen molar-refractivity contribution >= 4 is 28.9 Å². The van der Waals surface area contributed by atoms with Gasteiger partial charge in [-0.1, -0.05) is 0 Å². The predicted molar refractivity (Wildman–Crippen MR) is 88.9 cm³/mol. The first-order valence-corrected chi connectivity index (χ1v) is 7.42. The van der Waals surface area contributed by atoms with Crippen LogP contribution in [0.2, 0.25) is 0 Å². The van der Waals surface area contributed by atoms with E-state index in [1.165, 1.54) is 53.5 Å². The molecule has 3 N–H and O–H groups in total. The van der Waals surface area contributed by atoms with Gasteiger partial charge in [-0.3, -0.25) is 14.6 Å². The highest BCUT2D eigenvalue weighted by molar-refractivity contribution is 6.44. The highest BCUT2D eigenvalue weighted by Crippen LogP contribution is 2.25. The normalized spacial score (nSPS) is 16.5. The van der Waals surface area contributed by atoms with Gasteiger partial charge in [0.2, 0.25) is 5.91 Å². The van der Waals surface area contributed by atoms with Crippen molar-refractivity contribution in [2.75, 3.05) is 10.3 Å². The molecule has 2 aromatic rings. The van der Waals surface area contributed by atoms with Gasteiger partial charge in [0.15, 0.2) is 0 Å². The summed E-state index contributed by atoms with van der Waals surface area (Å²) in [7, 11) is 0. The molecule has 0 radical (unpaired) electrons. The predicted octanol–water partition coefficient (Wildman–Crippen LogP) is 2.02. The van der Waals surface area contributed by atoms with Crippen LogP contribution in [0.15, 0.2) is 53.6 Å². The first kappa shape index (κ1) is 16.6. The van der Waals surface area contributed by atoms with E-state index in [1.807, 2.05) is 0 Å². The standard InChI is InChI=1S/C17H14F2N4O2/c18-10-1-5-12(6-2-10)21-17(25)14-9-15(16(20)24)23(22-14)13-7-3-11(19)4-8-13/h1-8,15H,9H2,(H2,20,24)(H,21,25). The number of hydrazone groups is 1. The molecule has 8 heteroatoms. The number of anilines is 2. The minimum absolute atomic E-state index is 0.0136. The minimum Gasteiger partial charge on any atom is -0.368 e. The highest BCUT2D eigenvalue weighted by Gasteiger charge is 2.35. The number of benzene rings is 2. The molecule has 0 bridgehead atoms. The number of carbonyl (C=O) groups is 2. The van der Waals surface area contributed by atoms with Crippen molar-refractivity contribution in [2.24, 2.45) is 10.8 Å². The van der Waals surface area contributed by atoms with E-state index in [2.05, 4.69) is 10.4 Å². The lowest BCUT2D eigenvalue weighted by molar-refractivity contribution is -0.119. The summed E-state index contributed by atoms with van der Waals surface area (Å²) in [6.07, 6.45) is 0.0136. The van der Waals surface area contributed by atoms with Gasteiger partial charge in [0.1, 0.15) is 23.4 Å². The van der Waals surface area contributed by atoms with Crippen LogP contribution >= 0.6 is 0 Å². The van der Waals surface area contributed by atoms with Crippen molar-refractivity contribution in [1.29, 1.82) is 0 Å². The molecule has 1 unspecified atom stereocenters. The number of nitrogens with two attached hydrogens (primary N) is 1. The lowest BCUT2D eigenvalue weighted by Crippen LogP contribution is -2.39. The number of primary amides is 1. The van der Waals surface area contributed by atoms with Crippen LogP contribution in [0.25, 0.3) is 0 Å². The average molecular weight is 344 g/mol. The number of hydrogen-bond acceptors (Lipinski definition) is 4. The molecule has 0 saturated carbocycles. The zero-order valence-electron chi connectivity index (χ0n) is 12.9. The Morgan fingerprint density at radius 3 is 2.16 bits per heavy atom. The van der Waals surface area contributed by atoms with E-state index in [-0.39, 0.29) is 12.1 Å². The third-order valence-corrected chi connectivity index (χ3v) is 3.69. The topological polar surface area (TPSA) is 87.8 Å². The fraction of sp³-hybridized carbons (Fsp3) is 0.118. The minimum atomic E-state index is -0.848. The summed E-state index contributed by atoms with van der Waals surface area (Å²) in [4.78, 5) is 24.0. The Bertz CT molecular complexity index is 835. The maximum Gasteiger partial charge on any atom is 0.271 e. The second kappa shape index (κ2) is 6.68. The Balaban J connectivity index is 1.82. The first-order valence-electron chi connectivity index (χ1n) is 7.42. The second-order valence-corrected chi connectivity index (χ2v) is 5.45. The van der Waals surface area contributed by atoms with E-state index in [0.29, 0.717) is 11.4 Å².